The molecular formula is C16H22ClN3OS. The molecule has 6 heteroatoms. The van der Waals surface area contributed by atoms with E-state index in [0.29, 0.717) is 5.15 Å². The van der Waals surface area contributed by atoms with Crippen LogP contribution in [0.15, 0.2) is 17.7 Å². The topological polar surface area (TPSA) is 46.4 Å². The Balaban J connectivity index is 2.08. The normalized spacial score (nSPS) is 13.2. The van der Waals surface area contributed by atoms with Gasteiger partial charge in [-0.15, -0.1) is 11.3 Å². The number of aromatic nitrogens is 2. The molecule has 0 aliphatic heterocycles. The number of halogens is 1. The number of hydrogen-bond donors (Lipinski definition) is 1. The highest BCUT2D eigenvalue weighted by Crippen LogP contribution is 2.27. The molecule has 120 valence electrons. The molecule has 2 rings (SSSR count). The van der Waals surface area contributed by atoms with E-state index >= 15 is 0 Å². The van der Waals surface area contributed by atoms with Crippen molar-refractivity contribution in [3.63, 3.8) is 0 Å². The first-order chi connectivity index (χ1) is 10.1. The monoisotopic (exact) mass is 339 g/mol. The minimum Gasteiger partial charge on any atom is -0.348 e. The van der Waals surface area contributed by atoms with Crippen LogP contribution in [0.2, 0.25) is 5.15 Å². The summed E-state index contributed by atoms with van der Waals surface area (Å²) < 4.78 is 1.87. The molecule has 22 heavy (non-hydrogen) atoms. The molecule has 0 saturated heterocycles. The lowest BCUT2D eigenvalue weighted by Gasteiger charge is -2.32. The van der Waals surface area contributed by atoms with Crippen LogP contribution in [0.4, 0.5) is 0 Å². The number of thiazole rings is 1. The van der Waals surface area contributed by atoms with Crippen LogP contribution in [0.25, 0.3) is 11.0 Å². The van der Waals surface area contributed by atoms with Gasteiger partial charge < -0.3 is 5.32 Å². The lowest BCUT2D eigenvalue weighted by Crippen LogP contribution is -2.45. The van der Waals surface area contributed by atoms with Crippen LogP contribution in [0, 0.1) is 5.41 Å². The number of imidazole rings is 1. The largest absolute Gasteiger partial charge is 0.348 e. The molecule has 0 radical (unpaired) electrons. The van der Waals surface area contributed by atoms with Crippen LogP contribution in [0.1, 0.15) is 46.7 Å². The molecule has 0 bridgehead atoms. The Labute approximate surface area is 140 Å². The molecule has 2 heterocycles. The third-order valence-corrected chi connectivity index (χ3v) is 4.12. The summed E-state index contributed by atoms with van der Waals surface area (Å²) >= 11 is 7.61. The van der Waals surface area contributed by atoms with E-state index < -0.39 is 0 Å². The Morgan fingerprint density at radius 2 is 2.09 bits per heavy atom. The van der Waals surface area contributed by atoms with Crippen molar-refractivity contribution in [2.24, 2.45) is 5.41 Å². The van der Waals surface area contributed by atoms with Crippen molar-refractivity contribution >= 4 is 39.9 Å². The Morgan fingerprint density at radius 1 is 1.41 bits per heavy atom. The van der Waals surface area contributed by atoms with E-state index in [1.54, 1.807) is 6.08 Å². The minimum absolute atomic E-state index is 0.129. The molecule has 0 aliphatic carbocycles. The van der Waals surface area contributed by atoms with E-state index in [9.17, 15) is 4.79 Å². The highest BCUT2D eigenvalue weighted by Gasteiger charge is 2.26. The zero-order chi connectivity index (χ0) is 16.5. The van der Waals surface area contributed by atoms with E-state index in [-0.39, 0.29) is 16.9 Å². The molecule has 0 fully saturated rings. The number of rotatable bonds is 4. The van der Waals surface area contributed by atoms with Crippen molar-refractivity contribution in [2.75, 3.05) is 0 Å². The van der Waals surface area contributed by atoms with Gasteiger partial charge in [-0.25, -0.2) is 4.98 Å². The van der Waals surface area contributed by atoms with Crippen LogP contribution in [-0.2, 0) is 4.79 Å². The summed E-state index contributed by atoms with van der Waals surface area (Å²) in [6.07, 6.45) is 6.00. The molecule has 0 spiro atoms. The number of hydrogen-bond acceptors (Lipinski definition) is 3. The third-order valence-electron chi connectivity index (χ3n) is 3.08. The van der Waals surface area contributed by atoms with Crippen LogP contribution in [0.5, 0.6) is 0 Å². The number of fused-ring (bicyclic) bond motifs is 1. The van der Waals surface area contributed by atoms with Gasteiger partial charge in [-0.1, -0.05) is 32.4 Å². The molecular weight excluding hydrogens is 318 g/mol. The first kappa shape index (κ1) is 17.0. The SMILES string of the molecule is CC(C)(C)CC(C)(C)NC(=O)/C=C/c1c(Cl)nc2sccn12. The minimum atomic E-state index is -0.265. The van der Waals surface area contributed by atoms with Gasteiger partial charge in [0.2, 0.25) is 5.91 Å². The van der Waals surface area contributed by atoms with Gasteiger partial charge in [0.05, 0.1) is 5.69 Å². The van der Waals surface area contributed by atoms with E-state index in [1.165, 1.54) is 17.4 Å². The third kappa shape index (κ3) is 4.34. The molecule has 0 atom stereocenters. The summed E-state index contributed by atoms with van der Waals surface area (Å²) in [6, 6.07) is 0. The summed E-state index contributed by atoms with van der Waals surface area (Å²) in [5.74, 6) is -0.129. The average Bonchev–Trinajstić information content (AvgIpc) is 2.82. The van der Waals surface area contributed by atoms with Gasteiger partial charge in [-0.3, -0.25) is 9.20 Å². The highest BCUT2D eigenvalue weighted by molar-refractivity contribution is 7.15. The molecule has 0 saturated carbocycles. The molecule has 0 aromatic carbocycles. The van der Waals surface area contributed by atoms with Crippen LogP contribution >= 0.6 is 22.9 Å². The van der Waals surface area contributed by atoms with Gasteiger partial charge in [0.25, 0.3) is 0 Å². The molecule has 0 aliphatic rings. The van der Waals surface area contributed by atoms with Crippen LogP contribution < -0.4 is 5.32 Å². The summed E-state index contributed by atoms with van der Waals surface area (Å²) in [5.41, 5.74) is 0.609. The Kier molecular flexibility index (Phi) is 4.68. The van der Waals surface area contributed by atoms with Gasteiger partial charge in [-0.2, -0.15) is 0 Å². The summed E-state index contributed by atoms with van der Waals surface area (Å²) in [7, 11) is 0. The molecule has 2 aromatic heterocycles. The molecule has 1 N–H and O–H groups in total. The Morgan fingerprint density at radius 3 is 2.73 bits per heavy atom. The number of nitrogens with zero attached hydrogens (tertiary/aromatic N) is 2. The lowest BCUT2D eigenvalue weighted by atomic mass is 9.82. The van der Waals surface area contributed by atoms with Gasteiger partial charge in [0.1, 0.15) is 0 Å². The predicted octanol–water partition coefficient (Wildman–Crippen LogP) is 4.39. The fourth-order valence-corrected chi connectivity index (χ4v) is 3.83. The number of carbonyl (C=O) groups is 1. The molecule has 4 nitrogen and oxygen atoms in total. The lowest BCUT2D eigenvalue weighted by molar-refractivity contribution is -0.118. The van der Waals surface area contributed by atoms with Gasteiger partial charge in [0, 0.05) is 23.2 Å². The van der Waals surface area contributed by atoms with E-state index in [1.807, 2.05) is 29.8 Å². The second-order valence-electron chi connectivity index (χ2n) is 7.29. The quantitative estimate of drug-likeness (QED) is 0.839. The maximum absolute atomic E-state index is 12.2. The summed E-state index contributed by atoms with van der Waals surface area (Å²) in [4.78, 5) is 17.2. The average molecular weight is 340 g/mol. The van der Waals surface area contributed by atoms with E-state index in [4.69, 9.17) is 11.6 Å². The van der Waals surface area contributed by atoms with Gasteiger partial charge >= 0.3 is 0 Å². The van der Waals surface area contributed by atoms with Crippen LogP contribution in [-0.4, -0.2) is 20.8 Å². The number of nitrogens with one attached hydrogen (secondary N) is 1. The van der Waals surface area contributed by atoms with Crippen molar-refractivity contribution in [1.82, 2.24) is 14.7 Å². The second-order valence-corrected chi connectivity index (χ2v) is 8.52. The maximum atomic E-state index is 12.2. The predicted molar refractivity (Wildman–Crippen MR) is 93.4 cm³/mol. The number of amides is 1. The smallest absolute Gasteiger partial charge is 0.244 e. The van der Waals surface area contributed by atoms with Crippen LogP contribution in [0.3, 0.4) is 0 Å². The van der Waals surface area contributed by atoms with Gasteiger partial charge in [0.15, 0.2) is 10.1 Å². The standard InChI is InChI=1S/C16H22ClN3OS/c1-15(2,3)10-16(4,5)19-12(21)7-6-11-13(17)18-14-20(11)8-9-22-14/h6-9H,10H2,1-5H3,(H,19,21)/b7-6+. The zero-order valence-electron chi connectivity index (χ0n) is 13.6. The zero-order valence-corrected chi connectivity index (χ0v) is 15.2. The van der Waals surface area contributed by atoms with E-state index in [2.05, 4.69) is 31.1 Å². The first-order valence-electron chi connectivity index (χ1n) is 7.19. The van der Waals surface area contributed by atoms with Gasteiger partial charge in [-0.05, 0) is 31.8 Å². The van der Waals surface area contributed by atoms with Crippen molar-refractivity contribution in [2.45, 2.75) is 46.6 Å². The Hall–Kier alpha value is -1.33. The molecule has 2 aromatic rings. The van der Waals surface area contributed by atoms with Crippen molar-refractivity contribution in [3.05, 3.63) is 28.5 Å². The Bertz CT molecular complexity index is 707. The van der Waals surface area contributed by atoms with E-state index in [0.717, 1.165) is 17.1 Å². The summed E-state index contributed by atoms with van der Waals surface area (Å²) in [6.45, 7) is 10.6. The first-order valence-corrected chi connectivity index (χ1v) is 8.44. The van der Waals surface area contributed by atoms with Crippen molar-refractivity contribution in [3.8, 4) is 0 Å². The molecule has 1 amide bonds. The second kappa shape index (κ2) is 6.05. The fraction of sp³-hybridized carbons (Fsp3) is 0.500. The highest BCUT2D eigenvalue weighted by atomic mass is 35.5. The van der Waals surface area contributed by atoms with Crippen molar-refractivity contribution in [1.29, 1.82) is 0 Å². The summed E-state index contributed by atoms with van der Waals surface area (Å²) in [5, 5.41) is 5.38. The van der Waals surface area contributed by atoms with Crippen molar-refractivity contribution < 1.29 is 4.79 Å². The fourth-order valence-electron chi connectivity index (χ4n) is 2.83. The molecule has 0 unspecified atom stereocenters. The number of carbonyl (C=O) groups excluding carboxylic acids is 1. The maximum Gasteiger partial charge on any atom is 0.244 e.